The quantitative estimate of drug-likeness (QED) is 0.230. The minimum absolute atomic E-state index is 0.0681. The Morgan fingerprint density at radius 3 is 1.97 bits per heavy atom. The maximum atomic E-state index is 14.4. The number of carbonyl (C=O) groups is 2. The van der Waals surface area contributed by atoms with Crippen molar-refractivity contribution in [2.24, 2.45) is 0 Å². The maximum absolute atomic E-state index is 14.4. The van der Waals surface area contributed by atoms with Crippen LogP contribution in [-0.4, -0.2) is 35.9 Å². The number of carbonyl (C=O) groups excluding carboxylic acids is 1. The van der Waals surface area contributed by atoms with Crippen LogP contribution < -0.4 is 10.6 Å². The van der Waals surface area contributed by atoms with Crippen molar-refractivity contribution in [1.82, 2.24) is 0 Å². The van der Waals surface area contributed by atoms with Crippen molar-refractivity contribution in [2.75, 3.05) is 17.2 Å². The van der Waals surface area contributed by atoms with Gasteiger partial charge in [-0.3, -0.25) is 9.59 Å². The largest absolute Gasteiger partial charge is 0.481 e. The molecule has 0 aliphatic rings. The van der Waals surface area contributed by atoms with E-state index in [9.17, 15) is 53.5 Å². The lowest BCUT2D eigenvalue weighted by molar-refractivity contribution is -0.348. The molecular weight excluding hydrogens is 633 g/mol. The van der Waals surface area contributed by atoms with Crippen molar-refractivity contribution in [3.05, 3.63) is 56.7 Å². The molecule has 198 valence electrons. The van der Waals surface area contributed by atoms with Gasteiger partial charge >= 0.3 is 30.2 Å². The number of aliphatic carboxylic acids is 1. The summed E-state index contributed by atoms with van der Waals surface area (Å²) in [5.41, 5.74) is -11.9. The number of hydrogen-bond acceptors (Lipinski definition) is 3. The lowest BCUT2D eigenvalue weighted by atomic mass is 9.92. The van der Waals surface area contributed by atoms with Gasteiger partial charge in [0.1, 0.15) is 0 Å². The first-order valence-corrected chi connectivity index (χ1v) is 10.5. The Bertz CT molecular complexity index is 1130. The van der Waals surface area contributed by atoms with Gasteiger partial charge in [-0.15, -0.1) is 0 Å². The number of carboxylic acid groups (broad SMARTS) is 1. The average Bonchev–Trinajstić information content (AvgIpc) is 2.71. The summed E-state index contributed by atoms with van der Waals surface area (Å²) in [6.07, 6.45) is -19.2. The zero-order valence-corrected chi connectivity index (χ0v) is 19.5. The van der Waals surface area contributed by atoms with Gasteiger partial charge < -0.3 is 15.7 Å². The van der Waals surface area contributed by atoms with Gasteiger partial charge in [-0.2, -0.15) is 39.5 Å². The Kier molecular flexibility index (Phi) is 8.42. The van der Waals surface area contributed by atoms with E-state index in [2.05, 4.69) is 5.32 Å². The van der Waals surface area contributed by atoms with Crippen LogP contribution in [0.4, 0.5) is 55.3 Å². The summed E-state index contributed by atoms with van der Waals surface area (Å²) in [6, 6.07) is 4.19. The second-order valence-corrected chi connectivity index (χ2v) is 8.30. The molecule has 0 bridgehead atoms. The SMILES string of the molecule is O=C(O)CCNc1cccc(C(=O)Nc2c(I)cc(C(F)(C(F)(F)F)C(F)(F)F)cc2C(F)(F)F)c1. The van der Waals surface area contributed by atoms with Crippen molar-refractivity contribution in [1.29, 1.82) is 0 Å². The van der Waals surface area contributed by atoms with Crippen LogP contribution in [0.25, 0.3) is 0 Å². The third kappa shape index (κ3) is 6.31. The first-order valence-electron chi connectivity index (χ1n) is 9.39. The Balaban J connectivity index is 2.53. The summed E-state index contributed by atoms with van der Waals surface area (Å²) in [5.74, 6) is -2.37. The van der Waals surface area contributed by atoms with E-state index in [1.165, 1.54) is 12.1 Å². The van der Waals surface area contributed by atoms with Crippen LogP contribution in [0.1, 0.15) is 27.9 Å². The van der Waals surface area contributed by atoms with E-state index in [1.54, 1.807) is 5.32 Å². The molecule has 0 unspecified atom stereocenters. The monoisotopic (exact) mass is 646 g/mol. The van der Waals surface area contributed by atoms with Gasteiger partial charge in [0.15, 0.2) is 0 Å². The van der Waals surface area contributed by atoms with Crippen LogP contribution >= 0.6 is 22.6 Å². The van der Waals surface area contributed by atoms with E-state index >= 15 is 0 Å². The number of benzene rings is 2. The van der Waals surface area contributed by atoms with Crippen LogP contribution in [0.15, 0.2) is 36.4 Å². The number of rotatable bonds is 7. The van der Waals surface area contributed by atoms with Crippen molar-refractivity contribution in [3.8, 4) is 0 Å². The molecule has 0 fully saturated rings. The zero-order chi connectivity index (χ0) is 27.7. The summed E-state index contributed by atoms with van der Waals surface area (Å²) in [5, 5.41) is 13.1. The zero-order valence-electron chi connectivity index (χ0n) is 17.3. The number of anilines is 2. The van der Waals surface area contributed by atoms with Crippen molar-refractivity contribution in [3.63, 3.8) is 0 Å². The van der Waals surface area contributed by atoms with E-state index in [1.807, 2.05) is 0 Å². The molecule has 0 aromatic heterocycles. The standard InChI is InChI=1S/C20H13F10IN2O3/c21-17(19(25,26)27,20(28,29)30)10-7-12(18(22,23)24)15(13(31)8-10)33-16(36)9-2-1-3-11(6-9)32-5-4-14(34)35/h1-3,6-8,32H,4-5H2,(H,33,36)(H,34,35). The highest BCUT2D eigenvalue weighted by Crippen LogP contribution is 2.54. The van der Waals surface area contributed by atoms with Gasteiger partial charge in [-0.05, 0) is 52.9 Å². The number of hydrogen-bond donors (Lipinski definition) is 3. The highest BCUT2D eigenvalue weighted by Gasteiger charge is 2.73. The summed E-state index contributed by atoms with van der Waals surface area (Å²) in [7, 11) is 0. The van der Waals surface area contributed by atoms with Crippen LogP contribution in [-0.2, 0) is 16.6 Å². The van der Waals surface area contributed by atoms with Gasteiger partial charge in [0, 0.05) is 26.9 Å². The summed E-state index contributed by atoms with van der Waals surface area (Å²) in [4.78, 5) is 23.1. The molecule has 0 heterocycles. The first kappa shape index (κ1) is 29.4. The molecule has 36 heavy (non-hydrogen) atoms. The minimum Gasteiger partial charge on any atom is -0.481 e. The first-order chi connectivity index (χ1) is 16.3. The highest BCUT2D eigenvalue weighted by atomic mass is 127. The molecule has 5 nitrogen and oxygen atoms in total. The molecule has 0 aliphatic heterocycles. The summed E-state index contributed by atoms with van der Waals surface area (Å²) >= 11 is 0.948. The Morgan fingerprint density at radius 1 is 0.889 bits per heavy atom. The molecule has 0 saturated carbocycles. The van der Waals surface area contributed by atoms with Crippen molar-refractivity contribution in [2.45, 2.75) is 30.6 Å². The summed E-state index contributed by atoms with van der Waals surface area (Å²) in [6.45, 7) is -0.0681. The van der Waals surface area contributed by atoms with Gasteiger partial charge in [0.25, 0.3) is 5.91 Å². The van der Waals surface area contributed by atoms with Crippen LogP contribution in [0.5, 0.6) is 0 Å². The lowest BCUT2D eigenvalue weighted by Gasteiger charge is -2.31. The number of alkyl halides is 10. The predicted molar refractivity (Wildman–Crippen MR) is 114 cm³/mol. The molecule has 0 aliphatic carbocycles. The molecule has 0 atom stereocenters. The van der Waals surface area contributed by atoms with E-state index in [-0.39, 0.29) is 30.3 Å². The Morgan fingerprint density at radius 2 is 1.47 bits per heavy atom. The number of halogens is 11. The topological polar surface area (TPSA) is 78.4 Å². The van der Waals surface area contributed by atoms with Gasteiger partial charge in [-0.1, -0.05) is 6.07 Å². The predicted octanol–water partition coefficient (Wildman–Crippen LogP) is 6.74. The molecule has 1 amide bonds. The molecule has 0 spiro atoms. The lowest BCUT2D eigenvalue weighted by Crippen LogP contribution is -2.50. The maximum Gasteiger partial charge on any atom is 0.435 e. The molecule has 16 heteroatoms. The second-order valence-electron chi connectivity index (χ2n) is 7.14. The van der Waals surface area contributed by atoms with E-state index in [0.717, 1.165) is 34.7 Å². The van der Waals surface area contributed by atoms with Crippen LogP contribution in [0.3, 0.4) is 0 Å². The Hall–Kier alpha value is -2.79. The number of amides is 1. The fourth-order valence-corrected chi connectivity index (χ4v) is 3.67. The molecular formula is C20H13F10IN2O3. The molecule has 0 saturated heterocycles. The molecule has 0 radical (unpaired) electrons. The second kappa shape index (κ2) is 10.3. The van der Waals surface area contributed by atoms with Gasteiger partial charge in [0.05, 0.1) is 17.7 Å². The number of nitrogens with one attached hydrogen (secondary N) is 2. The fraction of sp³-hybridized carbons (Fsp3) is 0.300. The number of carboxylic acids is 1. The summed E-state index contributed by atoms with van der Waals surface area (Å²) < 4.78 is 133. The minimum atomic E-state index is -6.64. The molecule has 3 N–H and O–H groups in total. The third-order valence-electron chi connectivity index (χ3n) is 4.61. The van der Waals surface area contributed by atoms with Crippen molar-refractivity contribution >= 4 is 45.8 Å². The van der Waals surface area contributed by atoms with Crippen LogP contribution in [0.2, 0.25) is 0 Å². The highest BCUT2D eigenvalue weighted by molar-refractivity contribution is 14.1. The third-order valence-corrected chi connectivity index (χ3v) is 5.46. The molecule has 2 aromatic rings. The van der Waals surface area contributed by atoms with E-state index in [4.69, 9.17) is 5.11 Å². The smallest absolute Gasteiger partial charge is 0.435 e. The normalized spacial score (nSPS) is 12.9. The van der Waals surface area contributed by atoms with E-state index < -0.39 is 62.5 Å². The fourth-order valence-electron chi connectivity index (χ4n) is 2.91. The molecule has 2 rings (SSSR count). The van der Waals surface area contributed by atoms with Gasteiger partial charge in [0.2, 0.25) is 0 Å². The van der Waals surface area contributed by atoms with Crippen LogP contribution in [0, 0.1) is 3.57 Å². The average molecular weight is 646 g/mol. The van der Waals surface area contributed by atoms with Gasteiger partial charge in [-0.25, -0.2) is 4.39 Å². The van der Waals surface area contributed by atoms with E-state index in [0.29, 0.717) is 0 Å². The molecule has 2 aromatic carbocycles. The Labute approximate surface area is 209 Å². The van der Waals surface area contributed by atoms with Crippen molar-refractivity contribution < 1.29 is 58.6 Å².